The van der Waals surface area contributed by atoms with Crippen LogP contribution in [0.4, 0.5) is 0 Å². The van der Waals surface area contributed by atoms with Crippen molar-refractivity contribution in [3.63, 3.8) is 0 Å². The molecule has 0 aliphatic carbocycles. The number of aliphatic hydroxyl groups is 1. The minimum Gasteiger partial charge on any atom is -0.392 e. The number of rotatable bonds is 3. The van der Waals surface area contributed by atoms with Crippen LogP contribution >= 0.6 is 0 Å². The number of amides is 1. The molecule has 6 nitrogen and oxygen atoms in total. The molecule has 0 saturated carbocycles. The highest BCUT2D eigenvalue weighted by atomic mass is 16.3. The van der Waals surface area contributed by atoms with Crippen LogP contribution in [-0.2, 0) is 6.54 Å². The van der Waals surface area contributed by atoms with Gasteiger partial charge in [0.05, 0.1) is 17.4 Å². The summed E-state index contributed by atoms with van der Waals surface area (Å²) in [5, 5.41) is 14.3. The number of likely N-dealkylation sites (tertiary alicyclic amines) is 2. The number of carbonyl (C=O) groups is 1. The average molecular weight is 334 g/mol. The molecule has 0 bridgehead atoms. The van der Waals surface area contributed by atoms with Crippen LogP contribution in [0.5, 0.6) is 0 Å². The third kappa shape index (κ3) is 3.35. The van der Waals surface area contributed by atoms with Gasteiger partial charge in [0.1, 0.15) is 0 Å². The first-order valence-electron chi connectivity index (χ1n) is 9.26. The van der Waals surface area contributed by atoms with Gasteiger partial charge in [0.2, 0.25) is 0 Å². The molecule has 1 amide bonds. The predicted octanol–water partition coefficient (Wildman–Crippen LogP) is 1.58. The van der Waals surface area contributed by atoms with Gasteiger partial charge in [-0.25, -0.2) is 0 Å². The van der Waals surface area contributed by atoms with Gasteiger partial charge in [-0.2, -0.15) is 5.10 Å². The number of aromatic nitrogens is 2. The number of aryl methyl sites for hydroxylation is 2. The van der Waals surface area contributed by atoms with Gasteiger partial charge in [0.25, 0.3) is 5.91 Å². The fourth-order valence-electron chi connectivity index (χ4n) is 4.22. The molecule has 1 aromatic rings. The molecule has 1 N–H and O–H groups in total. The average Bonchev–Trinajstić information content (AvgIpc) is 2.88. The Morgan fingerprint density at radius 2 is 1.92 bits per heavy atom. The molecule has 2 aliphatic rings. The highest BCUT2D eigenvalue weighted by molar-refractivity contribution is 5.96. The van der Waals surface area contributed by atoms with E-state index in [1.807, 2.05) is 30.4 Å². The van der Waals surface area contributed by atoms with E-state index in [0.717, 1.165) is 75.4 Å². The summed E-state index contributed by atoms with van der Waals surface area (Å²) in [7, 11) is 0. The normalized spacial score (nSPS) is 23.7. The SMILES string of the molecule is CCn1nc(C)c(C(=O)N2CCC(N3CCC[C@@H](O)C3)CC2)c1C. The number of nitrogens with zero attached hydrogens (tertiary/aromatic N) is 4. The van der Waals surface area contributed by atoms with Gasteiger partial charge in [-0.05, 0) is 53.0 Å². The lowest BCUT2D eigenvalue weighted by atomic mass is 9.98. The zero-order valence-electron chi connectivity index (χ0n) is 15.2. The molecule has 2 aliphatic heterocycles. The van der Waals surface area contributed by atoms with Crippen LogP contribution < -0.4 is 0 Å². The van der Waals surface area contributed by atoms with Crippen LogP contribution in [0.15, 0.2) is 0 Å². The number of β-amino-alcohol motifs (C(OH)–C–C–N with tert-alkyl or cyclic N) is 1. The molecular formula is C18H30N4O2. The molecule has 24 heavy (non-hydrogen) atoms. The molecule has 1 aromatic heterocycles. The first-order chi connectivity index (χ1) is 11.5. The van der Waals surface area contributed by atoms with Crippen molar-refractivity contribution in [1.29, 1.82) is 0 Å². The van der Waals surface area contributed by atoms with Gasteiger partial charge in [-0.15, -0.1) is 0 Å². The number of hydrogen-bond acceptors (Lipinski definition) is 4. The third-order valence-corrected chi connectivity index (χ3v) is 5.59. The second-order valence-electron chi connectivity index (χ2n) is 7.18. The Bertz CT molecular complexity index is 590. The van der Waals surface area contributed by atoms with Gasteiger partial charge in [-0.1, -0.05) is 0 Å². The van der Waals surface area contributed by atoms with Crippen LogP contribution in [0.25, 0.3) is 0 Å². The largest absolute Gasteiger partial charge is 0.392 e. The minimum atomic E-state index is -0.177. The fraction of sp³-hybridized carbons (Fsp3) is 0.778. The summed E-state index contributed by atoms with van der Waals surface area (Å²) in [4.78, 5) is 17.3. The number of piperidine rings is 2. The maximum absolute atomic E-state index is 12.9. The smallest absolute Gasteiger partial charge is 0.257 e. The van der Waals surface area contributed by atoms with Gasteiger partial charge in [-0.3, -0.25) is 14.4 Å². The molecule has 3 rings (SSSR count). The van der Waals surface area contributed by atoms with Gasteiger partial charge >= 0.3 is 0 Å². The monoisotopic (exact) mass is 334 g/mol. The summed E-state index contributed by atoms with van der Waals surface area (Å²) in [5.41, 5.74) is 2.59. The van der Waals surface area contributed by atoms with Crippen molar-refractivity contribution in [3.8, 4) is 0 Å². The first-order valence-corrected chi connectivity index (χ1v) is 9.26. The Hall–Kier alpha value is -1.40. The summed E-state index contributed by atoms with van der Waals surface area (Å²) in [6.45, 7) is 10.2. The maximum Gasteiger partial charge on any atom is 0.257 e. The summed E-state index contributed by atoms with van der Waals surface area (Å²) >= 11 is 0. The van der Waals surface area contributed by atoms with Crippen LogP contribution in [0, 0.1) is 13.8 Å². The fourth-order valence-corrected chi connectivity index (χ4v) is 4.22. The topological polar surface area (TPSA) is 61.6 Å². The standard InChI is InChI=1S/C18H30N4O2/c1-4-22-14(3)17(13(2)19-22)18(24)20-10-7-15(8-11-20)21-9-5-6-16(23)12-21/h15-16,23H,4-12H2,1-3H3/t16-/m1/s1. The third-order valence-electron chi connectivity index (χ3n) is 5.59. The highest BCUT2D eigenvalue weighted by Crippen LogP contribution is 2.23. The lowest BCUT2D eigenvalue weighted by Gasteiger charge is -2.41. The van der Waals surface area contributed by atoms with Crippen LogP contribution in [0.3, 0.4) is 0 Å². The molecule has 1 atom stereocenters. The van der Waals surface area contributed by atoms with Crippen molar-refractivity contribution in [2.75, 3.05) is 26.2 Å². The van der Waals surface area contributed by atoms with Crippen LogP contribution in [0.2, 0.25) is 0 Å². The summed E-state index contributed by atoms with van der Waals surface area (Å²) in [6.07, 6.45) is 3.82. The molecule has 134 valence electrons. The molecule has 0 radical (unpaired) electrons. The van der Waals surface area contributed by atoms with E-state index >= 15 is 0 Å². The Morgan fingerprint density at radius 1 is 1.21 bits per heavy atom. The molecule has 3 heterocycles. The zero-order chi connectivity index (χ0) is 17.3. The van der Waals surface area contributed by atoms with E-state index in [2.05, 4.69) is 10.00 Å². The summed E-state index contributed by atoms with van der Waals surface area (Å²) < 4.78 is 1.91. The molecule has 0 spiro atoms. The Morgan fingerprint density at radius 3 is 2.50 bits per heavy atom. The van der Waals surface area contributed by atoms with Crippen molar-refractivity contribution in [1.82, 2.24) is 19.6 Å². The van der Waals surface area contributed by atoms with Crippen molar-refractivity contribution in [3.05, 3.63) is 17.0 Å². The van der Waals surface area contributed by atoms with Crippen molar-refractivity contribution in [2.24, 2.45) is 0 Å². The van der Waals surface area contributed by atoms with Crippen LogP contribution in [0.1, 0.15) is 54.4 Å². The molecular weight excluding hydrogens is 304 g/mol. The quantitative estimate of drug-likeness (QED) is 0.912. The van der Waals surface area contributed by atoms with Crippen molar-refractivity contribution < 1.29 is 9.90 Å². The summed E-state index contributed by atoms with van der Waals surface area (Å²) in [5.74, 6) is 0.127. The molecule has 2 saturated heterocycles. The second-order valence-corrected chi connectivity index (χ2v) is 7.18. The van der Waals surface area contributed by atoms with Gasteiger partial charge in [0, 0.05) is 37.9 Å². The van der Waals surface area contributed by atoms with Crippen molar-refractivity contribution in [2.45, 2.75) is 65.1 Å². The predicted molar refractivity (Wildman–Crippen MR) is 93.1 cm³/mol. The van der Waals surface area contributed by atoms with Gasteiger partial charge < -0.3 is 10.0 Å². The zero-order valence-corrected chi connectivity index (χ0v) is 15.2. The Balaban J connectivity index is 1.62. The van der Waals surface area contributed by atoms with Gasteiger partial charge in [0.15, 0.2) is 0 Å². The van der Waals surface area contributed by atoms with E-state index < -0.39 is 0 Å². The number of hydrogen-bond donors (Lipinski definition) is 1. The summed E-state index contributed by atoms with van der Waals surface area (Å²) in [6, 6.07) is 0.504. The van der Waals surface area contributed by atoms with E-state index in [0.29, 0.717) is 6.04 Å². The van der Waals surface area contributed by atoms with E-state index in [9.17, 15) is 9.90 Å². The first kappa shape index (κ1) is 17.4. The number of aliphatic hydroxyl groups excluding tert-OH is 1. The Kier molecular flexibility index (Phi) is 5.25. The van der Waals surface area contributed by atoms with Crippen LogP contribution in [-0.4, -0.2) is 68.9 Å². The maximum atomic E-state index is 12.9. The molecule has 6 heteroatoms. The van der Waals surface area contributed by atoms with E-state index in [1.54, 1.807) is 0 Å². The van der Waals surface area contributed by atoms with E-state index in [1.165, 1.54) is 0 Å². The lowest BCUT2D eigenvalue weighted by molar-refractivity contribution is 0.0240. The second kappa shape index (κ2) is 7.23. The molecule has 2 fully saturated rings. The van der Waals surface area contributed by atoms with E-state index in [-0.39, 0.29) is 12.0 Å². The minimum absolute atomic E-state index is 0.127. The Labute approximate surface area is 144 Å². The van der Waals surface area contributed by atoms with E-state index in [4.69, 9.17) is 0 Å². The molecule has 0 aromatic carbocycles. The molecule has 0 unspecified atom stereocenters. The number of carbonyl (C=O) groups excluding carboxylic acids is 1. The highest BCUT2D eigenvalue weighted by Gasteiger charge is 2.31. The van der Waals surface area contributed by atoms with Crippen molar-refractivity contribution >= 4 is 5.91 Å². The lowest BCUT2D eigenvalue weighted by Crippen LogP contribution is -2.50.